The van der Waals surface area contributed by atoms with Gasteiger partial charge in [-0.15, -0.1) is 0 Å². The molecule has 1 aromatic rings. The van der Waals surface area contributed by atoms with E-state index in [0.29, 0.717) is 6.04 Å². The summed E-state index contributed by atoms with van der Waals surface area (Å²) in [5, 5.41) is 3.85. The van der Waals surface area contributed by atoms with Crippen molar-refractivity contribution in [2.24, 2.45) is 0 Å². The van der Waals surface area contributed by atoms with E-state index in [0.717, 1.165) is 6.04 Å². The molecule has 2 heterocycles. The number of fused-ring (bicyclic) bond motifs is 1. The van der Waals surface area contributed by atoms with Gasteiger partial charge in [-0.1, -0.05) is 39.0 Å². The van der Waals surface area contributed by atoms with Gasteiger partial charge in [-0.05, 0) is 42.9 Å². The van der Waals surface area contributed by atoms with Crippen molar-refractivity contribution in [1.29, 1.82) is 0 Å². The molecule has 2 saturated heterocycles. The average molecular weight is 258 g/mol. The molecule has 1 aromatic carbocycles. The molecule has 0 bridgehead atoms. The summed E-state index contributed by atoms with van der Waals surface area (Å²) in [6.45, 7) is 9.47. The third-order valence-corrected chi connectivity index (χ3v) is 4.68. The monoisotopic (exact) mass is 258 g/mol. The number of hydrogen-bond donors (Lipinski definition) is 1. The SMILES string of the molecule is CC(C)(C)c1ccccc1NC1CCN2CCCC12. The fourth-order valence-electron chi connectivity index (χ4n) is 3.71. The Kier molecular flexibility index (Phi) is 3.30. The second-order valence-corrected chi connectivity index (χ2v) is 7.08. The van der Waals surface area contributed by atoms with Gasteiger partial charge in [-0.3, -0.25) is 4.90 Å². The fraction of sp³-hybridized carbons (Fsp3) is 0.647. The zero-order valence-electron chi connectivity index (χ0n) is 12.4. The smallest absolute Gasteiger partial charge is 0.0429 e. The largest absolute Gasteiger partial charge is 0.380 e. The van der Waals surface area contributed by atoms with Crippen LogP contribution < -0.4 is 5.32 Å². The van der Waals surface area contributed by atoms with Gasteiger partial charge in [0.25, 0.3) is 0 Å². The predicted octanol–water partition coefficient (Wildman–Crippen LogP) is 3.63. The number of rotatable bonds is 2. The second kappa shape index (κ2) is 4.82. The van der Waals surface area contributed by atoms with Crippen LogP contribution in [0.15, 0.2) is 24.3 Å². The molecule has 3 rings (SSSR count). The molecule has 2 aliphatic heterocycles. The van der Waals surface area contributed by atoms with Crippen LogP contribution in [0, 0.1) is 0 Å². The van der Waals surface area contributed by atoms with Crippen LogP contribution in [-0.4, -0.2) is 30.1 Å². The summed E-state index contributed by atoms with van der Waals surface area (Å²) >= 11 is 0. The van der Waals surface area contributed by atoms with E-state index in [-0.39, 0.29) is 5.41 Å². The summed E-state index contributed by atoms with van der Waals surface area (Å²) in [7, 11) is 0. The van der Waals surface area contributed by atoms with Crippen LogP contribution in [0.25, 0.3) is 0 Å². The van der Waals surface area contributed by atoms with Gasteiger partial charge in [0.05, 0.1) is 0 Å². The van der Waals surface area contributed by atoms with Crippen molar-refractivity contribution >= 4 is 5.69 Å². The Labute approximate surface area is 117 Å². The van der Waals surface area contributed by atoms with Gasteiger partial charge >= 0.3 is 0 Å². The minimum atomic E-state index is 0.206. The Hall–Kier alpha value is -1.02. The van der Waals surface area contributed by atoms with E-state index in [1.54, 1.807) is 0 Å². The van der Waals surface area contributed by atoms with Gasteiger partial charge < -0.3 is 5.32 Å². The molecule has 2 atom stereocenters. The van der Waals surface area contributed by atoms with Gasteiger partial charge in [-0.2, -0.15) is 0 Å². The van der Waals surface area contributed by atoms with E-state index in [2.05, 4.69) is 55.3 Å². The number of para-hydroxylation sites is 1. The quantitative estimate of drug-likeness (QED) is 0.871. The highest BCUT2D eigenvalue weighted by Gasteiger charge is 2.37. The van der Waals surface area contributed by atoms with Gasteiger partial charge in [0.2, 0.25) is 0 Å². The molecule has 19 heavy (non-hydrogen) atoms. The molecule has 104 valence electrons. The first-order valence-corrected chi connectivity index (χ1v) is 7.66. The van der Waals surface area contributed by atoms with Crippen LogP contribution in [-0.2, 0) is 5.41 Å². The van der Waals surface area contributed by atoms with Gasteiger partial charge in [0.1, 0.15) is 0 Å². The normalized spacial score (nSPS) is 27.5. The summed E-state index contributed by atoms with van der Waals surface area (Å²) in [5.74, 6) is 0. The zero-order chi connectivity index (χ0) is 13.5. The van der Waals surface area contributed by atoms with Crippen LogP contribution in [0.3, 0.4) is 0 Å². The fourth-order valence-corrected chi connectivity index (χ4v) is 3.71. The molecule has 2 unspecified atom stereocenters. The Balaban J connectivity index is 1.80. The first-order chi connectivity index (χ1) is 9.05. The summed E-state index contributed by atoms with van der Waals surface area (Å²) in [6.07, 6.45) is 4.04. The zero-order valence-corrected chi connectivity index (χ0v) is 12.4. The first kappa shape index (κ1) is 13.0. The van der Waals surface area contributed by atoms with Crippen molar-refractivity contribution in [2.45, 2.75) is 57.5 Å². The molecule has 2 heteroatoms. The second-order valence-electron chi connectivity index (χ2n) is 7.08. The maximum absolute atomic E-state index is 3.85. The Morgan fingerprint density at radius 2 is 1.89 bits per heavy atom. The molecule has 0 radical (unpaired) electrons. The highest BCUT2D eigenvalue weighted by atomic mass is 15.2. The molecule has 2 fully saturated rings. The number of nitrogens with one attached hydrogen (secondary N) is 1. The average Bonchev–Trinajstić information content (AvgIpc) is 2.93. The Morgan fingerprint density at radius 1 is 1.11 bits per heavy atom. The third kappa shape index (κ3) is 2.51. The van der Waals surface area contributed by atoms with Gasteiger partial charge in [0, 0.05) is 24.3 Å². The van der Waals surface area contributed by atoms with Crippen molar-refractivity contribution in [2.75, 3.05) is 18.4 Å². The Bertz CT molecular complexity index is 447. The molecule has 2 nitrogen and oxygen atoms in total. The van der Waals surface area contributed by atoms with E-state index in [9.17, 15) is 0 Å². The standard InChI is InChI=1S/C17H26N2/c1-17(2,3)13-7-4-5-8-14(13)18-15-10-12-19-11-6-9-16(15)19/h4-5,7-8,15-16,18H,6,9-12H2,1-3H3. The lowest BCUT2D eigenvalue weighted by atomic mass is 9.85. The van der Waals surface area contributed by atoms with E-state index in [1.807, 2.05) is 0 Å². The van der Waals surface area contributed by atoms with Crippen molar-refractivity contribution in [3.63, 3.8) is 0 Å². The van der Waals surface area contributed by atoms with Crippen molar-refractivity contribution in [3.05, 3.63) is 29.8 Å². The number of hydrogen-bond acceptors (Lipinski definition) is 2. The predicted molar refractivity (Wildman–Crippen MR) is 81.8 cm³/mol. The maximum atomic E-state index is 3.85. The molecule has 0 aliphatic carbocycles. The lowest BCUT2D eigenvalue weighted by molar-refractivity contribution is 0.318. The van der Waals surface area contributed by atoms with Crippen LogP contribution in [0.1, 0.15) is 45.6 Å². The van der Waals surface area contributed by atoms with E-state index in [1.165, 1.54) is 43.6 Å². The van der Waals surface area contributed by atoms with Crippen LogP contribution >= 0.6 is 0 Å². The molecule has 0 aromatic heterocycles. The number of nitrogens with zero attached hydrogens (tertiary/aromatic N) is 1. The minimum absolute atomic E-state index is 0.206. The maximum Gasteiger partial charge on any atom is 0.0429 e. The molecule has 2 aliphatic rings. The first-order valence-electron chi connectivity index (χ1n) is 7.66. The van der Waals surface area contributed by atoms with Crippen LogP contribution in [0.2, 0.25) is 0 Å². The van der Waals surface area contributed by atoms with Crippen LogP contribution in [0.5, 0.6) is 0 Å². The van der Waals surface area contributed by atoms with E-state index >= 15 is 0 Å². The topological polar surface area (TPSA) is 15.3 Å². The molecule has 1 N–H and O–H groups in total. The highest BCUT2D eigenvalue weighted by molar-refractivity contribution is 5.55. The summed E-state index contributed by atoms with van der Waals surface area (Å²) < 4.78 is 0. The molecular weight excluding hydrogens is 232 g/mol. The van der Waals surface area contributed by atoms with E-state index in [4.69, 9.17) is 0 Å². The van der Waals surface area contributed by atoms with Crippen molar-refractivity contribution in [3.8, 4) is 0 Å². The van der Waals surface area contributed by atoms with Gasteiger partial charge in [0.15, 0.2) is 0 Å². The summed E-state index contributed by atoms with van der Waals surface area (Å²) in [4.78, 5) is 2.66. The Morgan fingerprint density at radius 3 is 2.68 bits per heavy atom. The minimum Gasteiger partial charge on any atom is -0.380 e. The number of anilines is 1. The van der Waals surface area contributed by atoms with Crippen LogP contribution in [0.4, 0.5) is 5.69 Å². The summed E-state index contributed by atoms with van der Waals surface area (Å²) in [6, 6.07) is 10.2. The lowest BCUT2D eigenvalue weighted by Crippen LogP contribution is -2.34. The summed E-state index contributed by atoms with van der Waals surface area (Å²) in [5.41, 5.74) is 2.98. The third-order valence-electron chi connectivity index (χ3n) is 4.68. The van der Waals surface area contributed by atoms with Gasteiger partial charge in [-0.25, -0.2) is 0 Å². The van der Waals surface area contributed by atoms with Crippen molar-refractivity contribution in [1.82, 2.24) is 4.90 Å². The number of benzene rings is 1. The molecule has 0 saturated carbocycles. The molecular formula is C17H26N2. The molecule has 0 amide bonds. The lowest BCUT2D eigenvalue weighted by Gasteiger charge is -2.27. The highest BCUT2D eigenvalue weighted by Crippen LogP contribution is 2.34. The van der Waals surface area contributed by atoms with Crippen molar-refractivity contribution < 1.29 is 0 Å². The van der Waals surface area contributed by atoms with E-state index < -0.39 is 0 Å². The molecule has 0 spiro atoms.